The number of hydrogen-bond acceptors (Lipinski definition) is 5. The first kappa shape index (κ1) is 14.1. The smallest absolute Gasteiger partial charge is 0.164 e. The summed E-state index contributed by atoms with van der Waals surface area (Å²) in [6.45, 7) is 0. The lowest BCUT2D eigenvalue weighted by Crippen LogP contribution is -1.99. The van der Waals surface area contributed by atoms with Crippen LogP contribution in [0, 0.1) is 0 Å². The number of aromatic nitrogens is 3. The molecule has 11 aromatic rings. The molecule has 0 N–H and O–H groups in total. The maximum Gasteiger partial charge on any atom is 0.164 e. The number of benzene rings is 8. The molecule has 11 rings (SSSR count). The Hall–Kier alpha value is -6.79. The fourth-order valence-electron chi connectivity index (χ4n) is 5.75. The largest absolute Gasteiger partial charge is 0.208 e. The Labute approximate surface area is 375 Å². The van der Waals surface area contributed by atoms with Gasteiger partial charge in [-0.3, -0.25) is 0 Å². The molecule has 0 amide bonds. The summed E-state index contributed by atoms with van der Waals surface area (Å²) >= 11 is 1.15. The second-order valence-corrected chi connectivity index (χ2v) is 13.6. The van der Waals surface area contributed by atoms with Gasteiger partial charge in [0.25, 0.3) is 0 Å². The number of thiophene rings is 2. The molecule has 0 unspecified atom stereocenters. The molecule has 0 aliphatic rings. The van der Waals surface area contributed by atoms with Crippen molar-refractivity contribution in [1.29, 1.82) is 0 Å². The summed E-state index contributed by atoms with van der Waals surface area (Å²) in [5, 5.41) is -1.52. The average Bonchev–Trinajstić information content (AvgIpc) is 1.64. The summed E-state index contributed by atoms with van der Waals surface area (Å²) in [5.41, 5.74) is -6.27. The highest BCUT2D eigenvalue weighted by atomic mass is 32.1. The Balaban J connectivity index is 1.25. The second-order valence-electron chi connectivity index (χ2n) is 11.6. The lowest BCUT2D eigenvalue weighted by molar-refractivity contribution is 1.07. The van der Waals surface area contributed by atoms with E-state index in [1.165, 1.54) is 0 Å². The van der Waals surface area contributed by atoms with Gasteiger partial charge in [0.2, 0.25) is 0 Å². The number of hydrogen-bond donors (Lipinski definition) is 0. The minimum absolute atomic E-state index is 0.217. The lowest BCUT2D eigenvalue weighted by Gasteiger charge is -2.10. The zero-order valence-corrected chi connectivity index (χ0v) is 29.3. The maximum absolute atomic E-state index is 9.98. The molecule has 0 aliphatic carbocycles. The summed E-state index contributed by atoms with van der Waals surface area (Å²) in [6.07, 6.45) is 0. The minimum atomic E-state index is -1.02. The Morgan fingerprint density at radius 2 is 0.786 bits per heavy atom. The molecule has 0 aliphatic heterocycles. The van der Waals surface area contributed by atoms with Crippen molar-refractivity contribution in [1.82, 2.24) is 15.0 Å². The van der Waals surface area contributed by atoms with Crippen molar-refractivity contribution in [3.05, 3.63) is 187 Å². The molecule has 3 aromatic heterocycles. The van der Waals surface area contributed by atoms with Gasteiger partial charge >= 0.3 is 0 Å². The molecule has 0 saturated heterocycles. The van der Waals surface area contributed by atoms with E-state index in [1.807, 2.05) is 0 Å². The monoisotopic (exact) mass is 780 g/mol. The Morgan fingerprint density at radius 1 is 0.304 bits per heavy atom. The molecule has 8 aromatic carbocycles. The van der Waals surface area contributed by atoms with E-state index in [1.54, 1.807) is 0 Å². The molecule has 0 bridgehead atoms. The predicted octanol–water partition coefficient (Wildman–Crippen LogP) is 14.6. The van der Waals surface area contributed by atoms with Gasteiger partial charge in [0.1, 0.15) is 0 Å². The maximum atomic E-state index is 9.98. The van der Waals surface area contributed by atoms with E-state index >= 15 is 0 Å². The Morgan fingerprint density at radius 3 is 1.46 bits per heavy atom. The van der Waals surface area contributed by atoms with Gasteiger partial charge < -0.3 is 0 Å². The van der Waals surface area contributed by atoms with Gasteiger partial charge in [0.15, 0.2) is 17.5 Å². The van der Waals surface area contributed by atoms with Crippen LogP contribution in [0.4, 0.5) is 0 Å². The summed E-state index contributed by atoms with van der Waals surface area (Å²) in [5.74, 6) is -2.27. The van der Waals surface area contributed by atoms with Crippen molar-refractivity contribution in [2.45, 2.75) is 0 Å². The van der Waals surface area contributed by atoms with Gasteiger partial charge in [0.05, 0.1) is 42.5 Å². The van der Waals surface area contributed by atoms with Crippen LogP contribution in [-0.2, 0) is 0 Å². The average molecular weight is 781 g/mol. The molecule has 3 nitrogen and oxygen atoms in total. The van der Waals surface area contributed by atoms with Crippen molar-refractivity contribution in [2.75, 3.05) is 0 Å². The van der Waals surface area contributed by atoms with E-state index in [2.05, 4.69) is 15.0 Å². The molecule has 262 valence electrons. The van der Waals surface area contributed by atoms with Crippen LogP contribution in [0.3, 0.4) is 0 Å². The normalized spacial score (nSPS) is 19.3. The fourth-order valence-corrected chi connectivity index (χ4v) is 7.80. The van der Waals surface area contributed by atoms with Crippen LogP contribution < -0.4 is 0 Å². The van der Waals surface area contributed by atoms with Crippen molar-refractivity contribution in [3.63, 3.8) is 0 Å². The SMILES string of the molecule is [2H]c1c([2H])c([2H])c(-c2nc(-c3c([2H])c([2H])c([2H])c([2H])c3[2H])nc(-c3c([2H])c([2H])c4c(sc5c([2H])c([2H])c(-c6c([2H])c(-c7c([2H])c([2H])c(-c8c([2H])c([2H])c([2H])c([2H])c8[2H])c([2H])c7[2H])c([2H])c7c6sc6c([2H])c([2H])c([2H])c([2H])c67)c([2H])c54)c3[2H])n2)c([2H])c1[2H]. The standard InChI is InChI=1S/C51H31N3S2/c1-4-12-32(13-5-1)33-20-22-34(23-21-33)39-29-42(48-44(30-39)40-18-10-11-19-45(40)56-48)37-25-27-46-43(28-37)41-26-24-38(31-47(41)55-46)51-53-49(35-14-6-2-7-15-35)52-50(54-51)36-16-8-3-9-17-36/h1-31H/i1D,2D,3D,4D,5D,6D,7D,8D,9D,10D,11D,12D,13D,14D,15D,16D,17D,18D,19D,20D,21D,22D,23D,24D,25D,26D,27D,28D,29D,30D,31D. The molecular formula is C51H31N3S2. The van der Waals surface area contributed by atoms with Gasteiger partial charge in [0, 0.05) is 62.6 Å². The molecule has 0 spiro atoms. The van der Waals surface area contributed by atoms with E-state index in [4.69, 9.17) is 26.0 Å². The van der Waals surface area contributed by atoms with Gasteiger partial charge in [-0.1, -0.05) is 151 Å². The first-order valence-electron chi connectivity index (χ1n) is 31.7. The summed E-state index contributed by atoms with van der Waals surface area (Å²) < 4.78 is 275. The molecule has 0 fully saturated rings. The van der Waals surface area contributed by atoms with E-state index in [-0.39, 0.29) is 29.6 Å². The number of fused-ring (bicyclic) bond motifs is 6. The van der Waals surface area contributed by atoms with Crippen LogP contribution in [0.15, 0.2) is 187 Å². The van der Waals surface area contributed by atoms with Gasteiger partial charge in [-0.05, 0) is 64.1 Å². The van der Waals surface area contributed by atoms with Crippen LogP contribution in [0.2, 0.25) is 0 Å². The molecule has 3 heterocycles. The van der Waals surface area contributed by atoms with E-state index in [9.17, 15) is 16.4 Å². The molecular weight excluding hydrogens is 719 g/mol. The fraction of sp³-hybridized carbons (Fsp3) is 0. The number of rotatable bonds is 6. The van der Waals surface area contributed by atoms with Crippen LogP contribution >= 0.6 is 22.7 Å². The second kappa shape index (κ2) is 13.5. The van der Waals surface area contributed by atoms with Crippen LogP contribution in [0.5, 0.6) is 0 Å². The first-order chi connectivity index (χ1) is 40.6. The van der Waals surface area contributed by atoms with E-state index in [0.29, 0.717) is 22.7 Å². The third kappa shape index (κ3) is 5.77. The van der Waals surface area contributed by atoms with Gasteiger partial charge in [-0.25, -0.2) is 15.0 Å². The van der Waals surface area contributed by atoms with Crippen molar-refractivity contribution in [3.8, 4) is 67.5 Å². The van der Waals surface area contributed by atoms with Gasteiger partial charge in [-0.2, -0.15) is 0 Å². The minimum Gasteiger partial charge on any atom is -0.208 e. The third-order valence-corrected chi connectivity index (χ3v) is 10.4. The molecule has 0 atom stereocenters. The quantitative estimate of drug-likeness (QED) is 0.169. The highest BCUT2D eigenvalue weighted by Gasteiger charge is 2.17. The zero-order valence-electron chi connectivity index (χ0n) is 58.7. The zero-order chi connectivity index (χ0) is 64.0. The summed E-state index contributed by atoms with van der Waals surface area (Å²) in [7, 11) is 0. The summed E-state index contributed by atoms with van der Waals surface area (Å²) in [4.78, 5) is 12.9. The van der Waals surface area contributed by atoms with Crippen molar-refractivity contribution < 1.29 is 42.5 Å². The third-order valence-electron chi connectivity index (χ3n) is 8.25. The summed E-state index contributed by atoms with van der Waals surface area (Å²) in [6, 6.07) is -26.3. The first-order valence-corrected chi connectivity index (χ1v) is 17.8. The van der Waals surface area contributed by atoms with E-state index < -0.39 is 266 Å². The lowest BCUT2D eigenvalue weighted by atomic mass is 9.94. The van der Waals surface area contributed by atoms with E-state index in [0.717, 1.165) is 0 Å². The van der Waals surface area contributed by atoms with Crippen LogP contribution in [-0.4, -0.2) is 15.0 Å². The van der Waals surface area contributed by atoms with Crippen LogP contribution in [0.1, 0.15) is 42.5 Å². The highest BCUT2D eigenvalue weighted by Crippen LogP contribution is 2.45. The highest BCUT2D eigenvalue weighted by molar-refractivity contribution is 7.26. The predicted molar refractivity (Wildman–Crippen MR) is 238 cm³/mol. The Kier molecular flexibility index (Phi) is 3.39. The Bertz CT molecular complexity index is 4870. The molecule has 0 saturated carbocycles. The molecule has 0 radical (unpaired) electrons. The molecule has 5 heteroatoms. The molecule has 56 heavy (non-hydrogen) atoms. The van der Waals surface area contributed by atoms with Crippen LogP contribution in [0.25, 0.3) is 108 Å². The van der Waals surface area contributed by atoms with Crippen molar-refractivity contribution >= 4 is 63.0 Å². The van der Waals surface area contributed by atoms with Crippen molar-refractivity contribution in [2.24, 2.45) is 0 Å². The number of nitrogens with zero attached hydrogens (tertiary/aromatic N) is 3. The topological polar surface area (TPSA) is 38.7 Å². The van der Waals surface area contributed by atoms with Gasteiger partial charge in [-0.15, -0.1) is 22.7 Å².